The highest BCUT2D eigenvalue weighted by Gasteiger charge is 2.22. The van der Waals surface area contributed by atoms with Crippen molar-refractivity contribution in [2.75, 3.05) is 20.6 Å². The number of nitrogens with zero attached hydrogens (tertiary/aromatic N) is 1. The number of hydrogen-bond acceptors (Lipinski definition) is 2. The van der Waals surface area contributed by atoms with E-state index in [2.05, 4.69) is 36.5 Å². The minimum absolute atomic E-state index is 0.0569. The van der Waals surface area contributed by atoms with E-state index in [-0.39, 0.29) is 11.9 Å². The van der Waals surface area contributed by atoms with Gasteiger partial charge in [0.05, 0.1) is 0 Å². The van der Waals surface area contributed by atoms with E-state index in [1.807, 2.05) is 55.4 Å². The molecule has 122 valence electrons. The van der Waals surface area contributed by atoms with Gasteiger partial charge in [-0.3, -0.25) is 9.69 Å². The lowest BCUT2D eigenvalue weighted by Crippen LogP contribution is -2.37. The first kappa shape index (κ1) is 17.2. The molecule has 0 aliphatic carbocycles. The van der Waals surface area contributed by atoms with Crippen molar-refractivity contribution in [3.05, 3.63) is 71.8 Å². The summed E-state index contributed by atoms with van der Waals surface area (Å²) < 4.78 is 0. The lowest BCUT2D eigenvalue weighted by Gasteiger charge is -2.24. The van der Waals surface area contributed by atoms with Crippen LogP contribution in [0.5, 0.6) is 0 Å². The first-order valence-corrected chi connectivity index (χ1v) is 8.13. The van der Waals surface area contributed by atoms with Crippen LogP contribution in [0.25, 0.3) is 0 Å². The second-order valence-corrected chi connectivity index (χ2v) is 6.17. The first-order valence-electron chi connectivity index (χ1n) is 8.13. The van der Waals surface area contributed by atoms with E-state index in [0.29, 0.717) is 12.5 Å². The summed E-state index contributed by atoms with van der Waals surface area (Å²) >= 11 is 0. The third-order valence-corrected chi connectivity index (χ3v) is 4.13. The van der Waals surface area contributed by atoms with Gasteiger partial charge in [-0.25, -0.2) is 0 Å². The highest BCUT2D eigenvalue weighted by atomic mass is 16.2. The standard InChI is InChI=1S/C20H26N2O/c1-16(17-10-6-4-7-11-17)14-15-21-20(23)19(22(2)3)18-12-8-5-9-13-18/h4-13,16,19H,14-15H2,1-3H3,(H,21,23). The van der Waals surface area contributed by atoms with Crippen molar-refractivity contribution in [3.63, 3.8) is 0 Å². The molecule has 1 amide bonds. The number of benzene rings is 2. The number of carbonyl (C=O) groups is 1. The molecule has 23 heavy (non-hydrogen) atoms. The van der Waals surface area contributed by atoms with Gasteiger partial charge in [0.15, 0.2) is 0 Å². The van der Waals surface area contributed by atoms with Crippen LogP contribution in [0.15, 0.2) is 60.7 Å². The number of likely N-dealkylation sites (N-methyl/N-ethyl adjacent to an activating group) is 1. The van der Waals surface area contributed by atoms with E-state index in [1.54, 1.807) is 0 Å². The molecule has 2 aromatic rings. The molecule has 2 aromatic carbocycles. The van der Waals surface area contributed by atoms with E-state index in [0.717, 1.165) is 12.0 Å². The topological polar surface area (TPSA) is 32.3 Å². The van der Waals surface area contributed by atoms with Crippen LogP contribution in [0.4, 0.5) is 0 Å². The monoisotopic (exact) mass is 310 g/mol. The van der Waals surface area contributed by atoms with Gasteiger partial charge in [-0.05, 0) is 37.6 Å². The fourth-order valence-corrected chi connectivity index (χ4v) is 2.78. The molecule has 3 nitrogen and oxygen atoms in total. The molecule has 0 radical (unpaired) electrons. The average molecular weight is 310 g/mol. The summed E-state index contributed by atoms with van der Waals surface area (Å²) in [5, 5.41) is 3.08. The summed E-state index contributed by atoms with van der Waals surface area (Å²) in [6.07, 6.45) is 0.935. The van der Waals surface area contributed by atoms with E-state index in [4.69, 9.17) is 0 Å². The summed E-state index contributed by atoms with van der Waals surface area (Å²) in [6.45, 7) is 2.88. The summed E-state index contributed by atoms with van der Waals surface area (Å²) in [7, 11) is 3.87. The molecule has 0 fully saturated rings. The molecule has 0 spiro atoms. The summed E-state index contributed by atoms with van der Waals surface area (Å²) in [5.74, 6) is 0.493. The summed E-state index contributed by atoms with van der Waals surface area (Å²) in [4.78, 5) is 14.5. The molecule has 0 aliphatic heterocycles. The molecule has 1 N–H and O–H groups in total. The molecular weight excluding hydrogens is 284 g/mol. The summed E-state index contributed by atoms with van der Waals surface area (Å²) in [5.41, 5.74) is 2.33. The van der Waals surface area contributed by atoms with Crippen LogP contribution in [0.3, 0.4) is 0 Å². The Labute approximate surface area is 139 Å². The lowest BCUT2D eigenvalue weighted by molar-refractivity contribution is -0.125. The number of rotatable bonds is 7. The van der Waals surface area contributed by atoms with Crippen LogP contribution in [0.1, 0.15) is 36.4 Å². The maximum atomic E-state index is 12.6. The lowest BCUT2D eigenvalue weighted by atomic mass is 9.98. The van der Waals surface area contributed by atoms with Crippen molar-refractivity contribution in [2.24, 2.45) is 0 Å². The van der Waals surface area contributed by atoms with Crippen molar-refractivity contribution < 1.29 is 4.79 Å². The number of amides is 1. The molecule has 0 aliphatic rings. The maximum absolute atomic E-state index is 12.6. The highest BCUT2D eigenvalue weighted by molar-refractivity contribution is 5.83. The van der Waals surface area contributed by atoms with Crippen LogP contribution >= 0.6 is 0 Å². The van der Waals surface area contributed by atoms with E-state index in [1.165, 1.54) is 5.56 Å². The summed E-state index contributed by atoms with van der Waals surface area (Å²) in [6, 6.07) is 20.1. The predicted molar refractivity (Wildman–Crippen MR) is 95.4 cm³/mol. The molecule has 3 heteroatoms. The highest BCUT2D eigenvalue weighted by Crippen LogP contribution is 2.19. The molecule has 0 bridgehead atoms. The van der Waals surface area contributed by atoms with E-state index >= 15 is 0 Å². The van der Waals surface area contributed by atoms with Crippen molar-refractivity contribution in [1.29, 1.82) is 0 Å². The first-order chi connectivity index (χ1) is 11.1. The smallest absolute Gasteiger partial charge is 0.241 e. The van der Waals surface area contributed by atoms with E-state index < -0.39 is 0 Å². The van der Waals surface area contributed by atoms with Crippen molar-refractivity contribution in [2.45, 2.75) is 25.3 Å². The minimum atomic E-state index is -0.247. The number of carbonyl (C=O) groups excluding carboxylic acids is 1. The second-order valence-electron chi connectivity index (χ2n) is 6.17. The zero-order valence-electron chi connectivity index (χ0n) is 14.2. The van der Waals surface area contributed by atoms with Gasteiger partial charge in [0.2, 0.25) is 5.91 Å². The average Bonchev–Trinajstić information content (AvgIpc) is 2.56. The number of nitrogens with one attached hydrogen (secondary N) is 1. The predicted octanol–water partition coefficient (Wildman–Crippen LogP) is 3.60. The van der Waals surface area contributed by atoms with Gasteiger partial charge in [-0.2, -0.15) is 0 Å². The molecule has 2 atom stereocenters. The second kappa shape index (κ2) is 8.49. The quantitative estimate of drug-likeness (QED) is 0.847. The Kier molecular flexibility index (Phi) is 6.36. The molecular formula is C20H26N2O. The zero-order valence-corrected chi connectivity index (χ0v) is 14.2. The fourth-order valence-electron chi connectivity index (χ4n) is 2.78. The van der Waals surface area contributed by atoms with Gasteiger partial charge in [0.25, 0.3) is 0 Å². The molecule has 2 unspecified atom stereocenters. The zero-order chi connectivity index (χ0) is 16.7. The Morgan fingerprint density at radius 2 is 1.48 bits per heavy atom. The van der Waals surface area contributed by atoms with Crippen LogP contribution < -0.4 is 5.32 Å². The third-order valence-electron chi connectivity index (χ3n) is 4.13. The molecule has 0 heterocycles. The van der Waals surface area contributed by atoms with Gasteiger partial charge < -0.3 is 5.32 Å². The van der Waals surface area contributed by atoms with Gasteiger partial charge >= 0.3 is 0 Å². The number of hydrogen-bond donors (Lipinski definition) is 1. The normalized spacial score (nSPS) is 13.6. The van der Waals surface area contributed by atoms with Gasteiger partial charge in [0.1, 0.15) is 6.04 Å². The van der Waals surface area contributed by atoms with Crippen molar-refractivity contribution in [1.82, 2.24) is 10.2 Å². The van der Waals surface area contributed by atoms with Crippen molar-refractivity contribution >= 4 is 5.91 Å². The van der Waals surface area contributed by atoms with Crippen LogP contribution in [0, 0.1) is 0 Å². The molecule has 0 aromatic heterocycles. The molecule has 0 saturated carbocycles. The van der Waals surface area contributed by atoms with Crippen LogP contribution in [-0.2, 0) is 4.79 Å². The fraction of sp³-hybridized carbons (Fsp3) is 0.350. The largest absolute Gasteiger partial charge is 0.354 e. The maximum Gasteiger partial charge on any atom is 0.241 e. The Morgan fingerprint density at radius 3 is 2.00 bits per heavy atom. The third kappa shape index (κ3) is 4.93. The SMILES string of the molecule is CC(CCNC(=O)C(c1ccccc1)N(C)C)c1ccccc1. The Bertz CT molecular complexity index is 596. The Hall–Kier alpha value is -2.13. The van der Waals surface area contributed by atoms with Crippen LogP contribution in [-0.4, -0.2) is 31.4 Å². The Balaban J connectivity index is 1.90. The van der Waals surface area contributed by atoms with E-state index in [9.17, 15) is 4.79 Å². The van der Waals surface area contributed by atoms with Gasteiger partial charge in [-0.1, -0.05) is 67.6 Å². The molecule has 0 saturated heterocycles. The van der Waals surface area contributed by atoms with Crippen molar-refractivity contribution in [3.8, 4) is 0 Å². The Morgan fingerprint density at radius 1 is 0.957 bits per heavy atom. The minimum Gasteiger partial charge on any atom is -0.354 e. The van der Waals surface area contributed by atoms with Gasteiger partial charge in [-0.15, -0.1) is 0 Å². The van der Waals surface area contributed by atoms with Gasteiger partial charge in [0, 0.05) is 6.54 Å². The molecule has 2 rings (SSSR count). The van der Waals surface area contributed by atoms with Crippen LogP contribution in [0.2, 0.25) is 0 Å².